The van der Waals surface area contributed by atoms with Gasteiger partial charge < -0.3 is 9.84 Å². The van der Waals surface area contributed by atoms with Crippen LogP contribution in [0.15, 0.2) is 41.7 Å². The van der Waals surface area contributed by atoms with Crippen molar-refractivity contribution in [3.63, 3.8) is 0 Å². The number of allylic oxidation sites excluding steroid dienone is 1. The molecule has 1 aromatic rings. The minimum atomic E-state index is -0.738. The summed E-state index contributed by atoms with van der Waals surface area (Å²) in [4.78, 5) is 22.4. The van der Waals surface area contributed by atoms with Crippen LogP contribution in [0.3, 0.4) is 0 Å². The number of ketones is 1. The van der Waals surface area contributed by atoms with Crippen LogP contribution in [0.4, 0.5) is 0 Å². The van der Waals surface area contributed by atoms with E-state index in [2.05, 4.69) is 4.74 Å². The molecule has 1 aliphatic heterocycles. The number of aliphatic hydroxyl groups is 1. The molecule has 0 aliphatic carbocycles. The Hall–Kier alpha value is -2.10. The van der Waals surface area contributed by atoms with Gasteiger partial charge in [0.1, 0.15) is 11.3 Å². The van der Waals surface area contributed by atoms with Crippen LogP contribution in [-0.2, 0) is 20.7 Å². The van der Waals surface area contributed by atoms with Crippen molar-refractivity contribution < 1.29 is 19.4 Å². The van der Waals surface area contributed by atoms with Gasteiger partial charge in [-0.05, 0) is 5.56 Å². The number of carbonyl (C=O) groups excluding carboxylic acids is 2. The van der Waals surface area contributed by atoms with Gasteiger partial charge in [-0.3, -0.25) is 4.79 Å². The molecule has 16 heavy (non-hydrogen) atoms. The molecule has 1 saturated heterocycles. The van der Waals surface area contributed by atoms with Gasteiger partial charge in [-0.15, -0.1) is 0 Å². The fourth-order valence-corrected chi connectivity index (χ4v) is 1.55. The molecule has 1 N–H and O–H groups in total. The van der Waals surface area contributed by atoms with Crippen LogP contribution in [0.5, 0.6) is 0 Å². The number of hydrogen-bond donors (Lipinski definition) is 1. The molecule has 0 radical (unpaired) electrons. The third kappa shape index (κ3) is 1.95. The van der Waals surface area contributed by atoms with Gasteiger partial charge in [-0.25, -0.2) is 4.79 Å². The van der Waals surface area contributed by atoms with Gasteiger partial charge in [0.2, 0.25) is 5.78 Å². The smallest absolute Gasteiger partial charge is 0.345 e. The molecule has 1 aliphatic rings. The number of rotatable bonds is 2. The summed E-state index contributed by atoms with van der Waals surface area (Å²) >= 11 is 0. The first-order chi connectivity index (χ1) is 7.68. The molecule has 4 nitrogen and oxygen atoms in total. The Bertz CT molecular complexity index is 441. The first-order valence-corrected chi connectivity index (χ1v) is 4.85. The third-order valence-electron chi connectivity index (χ3n) is 2.32. The molecule has 0 amide bonds. The Kier molecular flexibility index (Phi) is 2.72. The zero-order valence-electron chi connectivity index (χ0n) is 8.47. The molecule has 0 aromatic heterocycles. The monoisotopic (exact) mass is 218 g/mol. The van der Waals surface area contributed by atoms with Crippen molar-refractivity contribution >= 4 is 11.8 Å². The molecule has 1 heterocycles. The highest BCUT2D eigenvalue weighted by Gasteiger charge is 2.31. The highest BCUT2D eigenvalue weighted by molar-refractivity contribution is 6.22. The van der Waals surface area contributed by atoms with E-state index in [0.29, 0.717) is 0 Å². The second kappa shape index (κ2) is 4.18. The summed E-state index contributed by atoms with van der Waals surface area (Å²) in [5.41, 5.74) is 0.615. The normalized spacial score (nSPS) is 18.5. The number of benzene rings is 1. The fourth-order valence-electron chi connectivity index (χ4n) is 1.55. The first kappa shape index (κ1) is 10.4. The molecule has 82 valence electrons. The van der Waals surface area contributed by atoms with Gasteiger partial charge in [0.05, 0.1) is 0 Å². The number of cyclic esters (lactones) is 1. The Morgan fingerprint density at radius 1 is 1.25 bits per heavy atom. The molecule has 0 atom stereocenters. The topological polar surface area (TPSA) is 63.6 Å². The zero-order chi connectivity index (χ0) is 11.5. The van der Waals surface area contributed by atoms with E-state index in [1.807, 2.05) is 30.3 Å². The standard InChI is InChI=1S/C12H10O4/c13-9(6-8-4-2-1-3-5-8)11-10(14)7-16-12(11)15/h1-5,13H,6-7H2. The average molecular weight is 218 g/mol. The molecule has 0 saturated carbocycles. The Balaban J connectivity index is 2.25. The van der Waals surface area contributed by atoms with Crippen LogP contribution in [-0.4, -0.2) is 23.5 Å². The Morgan fingerprint density at radius 3 is 2.50 bits per heavy atom. The minimum absolute atomic E-state index is 0.164. The highest BCUT2D eigenvalue weighted by Crippen LogP contribution is 2.16. The predicted octanol–water partition coefficient (Wildman–Crippen LogP) is 1.17. The van der Waals surface area contributed by atoms with Crippen LogP contribution in [0.25, 0.3) is 0 Å². The van der Waals surface area contributed by atoms with Crippen LogP contribution in [0.1, 0.15) is 5.56 Å². The minimum Gasteiger partial charge on any atom is -0.511 e. The lowest BCUT2D eigenvalue weighted by molar-refractivity contribution is -0.135. The second-order valence-electron chi connectivity index (χ2n) is 3.48. The summed E-state index contributed by atoms with van der Waals surface area (Å²) in [6, 6.07) is 9.11. The van der Waals surface area contributed by atoms with E-state index in [9.17, 15) is 14.7 Å². The lowest BCUT2D eigenvalue weighted by Crippen LogP contribution is -2.07. The zero-order valence-corrected chi connectivity index (χ0v) is 8.47. The van der Waals surface area contributed by atoms with E-state index < -0.39 is 11.8 Å². The summed E-state index contributed by atoms with van der Waals surface area (Å²) in [6.07, 6.45) is 0.164. The maximum atomic E-state index is 11.3. The van der Waals surface area contributed by atoms with Gasteiger partial charge in [0.25, 0.3) is 0 Å². The van der Waals surface area contributed by atoms with Crippen LogP contribution in [0.2, 0.25) is 0 Å². The van der Waals surface area contributed by atoms with Crippen LogP contribution >= 0.6 is 0 Å². The summed E-state index contributed by atoms with van der Waals surface area (Å²) in [7, 11) is 0. The summed E-state index contributed by atoms with van der Waals surface area (Å²) in [6.45, 7) is -0.271. The molecule has 4 heteroatoms. The summed E-state index contributed by atoms with van der Waals surface area (Å²) in [5, 5.41) is 9.70. The highest BCUT2D eigenvalue weighted by atomic mass is 16.5. The molecular formula is C12H10O4. The number of hydrogen-bond acceptors (Lipinski definition) is 4. The number of ether oxygens (including phenoxy) is 1. The number of Topliss-reactive ketones (excluding diaryl/α,β-unsaturated/α-hetero) is 1. The average Bonchev–Trinajstić information content (AvgIpc) is 2.60. The van der Waals surface area contributed by atoms with Crippen molar-refractivity contribution in [3.05, 3.63) is 47.2 Å². The lowest BCUT2D eigenvalue weighted by atomic mass is 10.1. The molecule has 0 unspecified atom stereocenters. The molecule has 0 spiro atoms. The fraction of sp³-hybridized carbons (Fsp3) is 0.167. The summed E-state index contributed by atoms with van der Waals surface area (Å²) in [5.74, 6) is -1.42. The van der Waals surface area contributed by atoms with E-state index in [4.69, 9.17) is 0 Å². The predicted molar refractivity (Wildman–Crippen MR) is 55.8 cm³/mol. The molecular weight excluding hydrogens is 208 g/mol. The second-order valence-corrected chi connectivity index (χ2v) is 3.48. The van der Waals surface area contributed by atoms with Crippen molar-refractivity contribution in [3.8, 4) is 0 Å². The van der Waals surface area contributed by atoms with E-state index in [1.54, 1.807) is 0 Å². The number of carbonyl (C=O) groups is 2. The van der Waals surface area contributed by atoms with Crippen molar-refractivity contribution in [2.24, 2.45) is 0 Å². The van der Waals surface area contributed by atoms with Crippen molar-refractivity contribution in [1.82, 2.24) is 0 Å². The molecule has 2 rings (SSSR count). The van der Waals surface area contributed by atoms with Crippen LogP contribution in [0, 0.1) is 0 Å². The van der Waals surface area contributed by atoms with Gasteiger partial charge in [0, 0.05) is 6.42 Å². The van der Waals surface area contributed by atoms with Crippen molar-refractivity contribution in [2.75, 3.05) is 6.61 Å². The molecule has 1 fully saturated rings. The van der Waals surface area contributed by atoms with Gasteiger partial charge in [-0.2, -0.15) is 0 Å². The SMILES string of the molecule is O=C1COC(=O)C1=C(O)Cc1ccccc1. The Labute approximate surface area is 92.2 Å². The van der Waals surface area contributed by atoms with Crippen LogP contribution < -0.4 is 0 Å². The summed E-state index contributed by atoms with van der Waals surface area (Å²) < 4.78 is 4.53. The van der Waals surface area contributed by atoms with Crippen molar-refractivity contribution in [1.29, 1.82) is 0 Å². The largest absolute Gasteiger partial charge is 0.511 e. The number of esters is 1. The van der Waals surface area contributed by atoms with E-state index in [-0.39, 0.29) is 24.4 Å². The quantitative estimate of drug-likeness (QED) is 0.350. The first-order valence-electron chi connectivity index (χ1n) is 4.85. The van der Waals surface area contributed by atoms with E-state index in [1.165, 1.54) is 0 Å². The van der Waals surface area contributed by atoms with E-state index in [0.717, 1.165) is 5.56 Å². The van der Waals surface area contributed by atoms with E-state index >= 15 is 0 Å². The van der Waals surface area contributed by atoms with Crippen molar-refractivity contribution in [2.45, 2.75) is 6.42 Å². The molecule has 0 bridgehead atoms. The maximum absolute atomic E-state index is 11.3. The van der Waals surface area contributed by atoms with Gasteiger partial charge in [-0.1, -0.05) is 30.3 Å². The van der Waals surface area contributed by atoms with Gasteiger partial charge >= 0.3 is 5.97 Å². The maximum Gasteiger partial charge on any atom is 0.345 e. The lowest BCUT2D eigenvalue weighted by Gasteiger charge is -2.01. The molecule has 1 aromatic carbocycles. The van der Waals surface area contributed by atoms with Gasteiger partial charge in [0.15, 0.2) is 6.61 Å². The Morgan fingerprint density at radius 2 is 1.94 bits per heavy atom. The third-order valence-corrected chi connectivity index (χ3v) is 2.32. The number of aliphatic hydroxyl groups excluding tert-OH is 1.